The third-order valence-corrected chi connectivity index (χ3v) is 4.07. The lowest BCUT2D eigenvalue weighted by Gasteiger charge is -2.22. The Morgan fingerprint density at radius 1 is 1.19 bits per heavy atom. The molecule has 2 N–H and O–H groups in total. The number of amides is 1. The predicted octanol–water partition coefficient (Wildman–Crippen LogP) is 1.42. The van der Waals surface area contributed by atoms with Crippen LogP contribution in [0, 0.1) is 0 Å². The van der Waals surface area contributed by atoms with E-state index in [9.17, 15) is 9.59 Å². The van der Waals surface area contributed by atoms with Gasteiger partial charge in [-0.15, -0.1) is 0 Å². The summed E-state index contributed by atoms with van der Waals surface area (Å²) in [7, 11) is 1.60. The number of benzene rings is 1. The van der Waals surface area contributed by atoms with Gasteiger partial charge in [0.25, 0.3) is 5.91 Å². The highest BCUT2D eigenvalue weighted by Gasteiger charge is 2.33. The van der Waals surface area contributed by atoms with Gasteiger partial charge < -0.3 is 20.1 Å². The average molecular weight is 356 g/mol. The number of nitrogen functional groups attached to an aromatic ring is 1. The van der Waals surface area contributed by atoms with Crippen LogP contribution in [0.15, 0.2) is 36.7 Å². The third kappa shape index (κ3) is 4.27. The summed E-state index contributed by atoms with van der Waals surface area (Å²) in [5.74, 6) is -0.279. The van der Waals surface area contributed by atoms with Crippen molar-refractivity contribution in [2.75, 3.05) is 19.5 Å². The van der Waals surface area contributed by atoms with Crippen LogP contribution >= 0.6 is 0 Å². The molecule has 1 aliphatic rings. The van der Waals surface area contributed by atoms with Gasteiger partial charge in [0.1, 0.15) is 5.75 Å². The SMILES string of the molecule is COc1ccc(CN(C(=O)COC(=O)c2nccnc2N)C2CC2)cc1. The fraction of sp³-hybridized carbons (Fsp3) is 0.333. The number of methoxy groups -OCH3 is 1. The molecule has 0 spiro atoms. The van der Waals surface area contributed by atoms with E-state index in [0.29, 0.717) is 6.54 Å². The number of rotatable bonds is 7. The Balaban J connectivity index is 1.60. The molecule has 0 saturated heterocycles. The van der Waals surface area contributed by atoms with Crippen LogP contribution < -0.4 is 10.5 Å². The molecule has 3 rings (SSSR count). The second-order valence-electron chi connectivity index (χ2n) is 5.97. The molecule has 1 aromatic heterocycles. The molecule has 8 heteroatoms. The number of hydrogen-bond donors (Lipinski definition) is 1. The maximum atomic E-state index is 12.5. The van der Waals surface area contributed by atoms with Gasteiger partial charge in [-0.3, -0.25) is 4.79 Å². The second-order valence-corrected chi connectivity index (χ2v) is 5.97. The zero-order chi connectivity index (χ0) is 18.5. The van der Waals surface area contributed by atoms with Gasteiger partial charge >= 0.3 is 5.97 Å². The smallest absolute Gasteiger partial charge is 0.361 e. The Kier molecular flexibility index (Phi) is 5.31. The summed E-state index contributed by atoms with van der Waals surface area (Å²) < 4.78 is 10.2. The Hall–Kier alpha value is -3.16. The van der Waals surface area contributed by atoms with E-state index in [2.05, 4.69) is 9.97 Å². The number of carbonyl (C=O) groups is 2. The monoisotopic (exact) mass is 356 g/mol. The van der Waals surface area contributed by atoms with E-state index in [1.165, 1.54) is 12.4 Å². The minimum atomic E-state index is -0.760. The Morgan fingerprint density at radius 3 is 2.50 bits per heavy atom. The first-order valence-corrected chi connectivity index (χ1v) is 8.24. The largest absolute Gasteiger partial charge is 0.497 e. The Morgan fingerprint density at radius 2 is 1.88 bits per heavy atom. The number of anilines is 1. The quantitative estimate of drug-likeness (QED) is 0.747. The molecule has 1 saturated carbocycles. The van der Waals surface area contributed by atoms with Crippen LogP contribution in [-0.2, 0) is 16.1 Å². The first-order chi connectivity index (χ1) is 12.6. The molecule has 26 heavy (non-hydrogen) atoms. The van der Waals surface area contributed by atoms with E-state index in [4.69, 9.17) is 15.2 Å². The maximum Gasteiger partial charge on any atom is 0.361 e. The minimum absolute atomic E-state index is 0.0257. The lowest BCUT2D eigenvalue weighted by Crippen LogP contribution is -2.36. The minimum Gasteiger partial charge on any atom is -0.497 e. The van der Waals surface area contributed by atoms with Crippen molar-refractivity contribution in [1.29, 1.82) is 0 Å². The van der Waals surface area contributed by atoms with Gasteiger partial charge in [-0.1, -0.05) is 12.1 Å². The van der Waals surface area contributed by atoms with Gasteiger partial charge in [-0.2, -0.15) is 0 Å². The second kappa shape index (κ2) is 7.81. The first-order valence-electron chi connectivity index (χ1n) is 8.24. The van der Waals surface area contributed by atoms with Crippen molar-refractivity contribution >= 4 is 17.7 Å². The first kappa shape index (κ1) is 17.7. The van der Waals surface area contributed by atoms with Gasteiger partial charge in [0.05, 0.1) is 7.11 Å². The molecule has 0 unspecified atom stereocenters. The number of hydrogen-bond acceptors (Lipinski definition) is 7. The highest BCUT2D eigenvalue weighted by Crippen LogP contribution is 2.29. The summed E-state index contributed by atoms with van der Waals surface area (Å²) in [4.78, 5) is 33.9. The molecule has 1 aromatic carbocycles. The van der Waals surface area contributed by atoms with E-state index in [-0.39, 0.29) is 30.1 Å². The predicted molar refractivity (Wildman–Crippen MR) is 93.3 cm³/mol. The third-order valence-electron chi connectivity index (χ3n) is 4.07. The van der Waals surface area contributed by atoms with Crippen LogP contribution in [0.25, 0.3) is 0 Å². The summed E-state index contributed by atoms with van der Waals surface area (Å²) in [6, 6.07) is 7.70. The molecule has 1 aliphatic carbocycles. The van der Waals surface area contributed by atoms with Crippen LogP contribution in [0.3, 0.4) is 0 Å². The lowest BCUT2D eigenvalue weighted by atomic mass is 10.2. The van der Waals surface area contributed by atoms with E-state index < -0.39 is 5.97 Å². The molecule has 0 aliphatic heterocycles. The number of aromatic nitrogens is 2. The van der Waals surface area contributed by atoms with Crippen molar-refractivity contribution in [2.24, 2.45) is 0 Å². The van der Waals surface area contributed by atoms with Crippen molar-refractivity contribution < 1.29 is 19.1 Å². The van der Waals surface area contributed by atoms with E-state index >= 15 is 0 Å². The number of nitrogens with zero attached hydrogens (tertiary/aromatic N) is 3. The van der Waals surface area contributed by atoms with Crippen molar-refractivity contribution in [3.63, 3.8) is 0 Å². The van der Waals surface area contributed by atoms with Crippen molar-refractivity contribution in [3.05, 3.63) is 47.9 Å². The van der Waals surface area contributed by atoms with Gasteiger partial charge in [-0.05, 0) is 30.5 Å². The standard InChI is InChI=1S/C18H20N4O4/c1-25-14-6-2-12(3-7-14)10-22(13-4-5-13)15(23)11-26-18(24)16-17(19)21-9-8-20-16/h2-3,6-9,13H,4-5,10-11H2,1H3,(H2,19,21). The topological polar surface area (TPSA) is 108 Å². The van der Waals surface area contributed by atoms with Crippen LogP contribution in [0.1, 0.15) is 28.9 Å². The average Bonchev–Trinajstić information content (AvgIpc) is 3.50. The molecule has 1 heterocycles. The number of carbonyl (C=O) groups excluding carboxylic acids is 2. The number of ether oxygens (including phenoxy) is 2. The molecule has 1 fully saturated rings. The normalized spacial score (nSPS) is 13.1. The molecule has 1 amide bonds. The molecular formula is C18H20N4O4. The molecule has 8 nitrogen and oxygen atoms in total. The fourth-order valence-corrected chi connectivity index (χ4v) is 2.52. The Bertz CT molecular complexity index is 790. The zero-order valence-electron chi connectivity index (χ0n) is 14.4. The van der Waals surface area contributed by atoms with Crippen LogP contribution in [-0.4, -0.2) is 46.5 Å². The molecule has 0 radical (unpaired) electrons. The van der Waals surface area contributed by atoms with Crippen molar-refractivity contribution in [1.82, 2.24) is 14.9 Å². The highest BCUT2D eigenvalue weighted by atomic mass is 16.5. The highest BCUT2D eigenvalue weighted by molar-refractivity contribution is 5.93. The van der Waals surface area contributed by atoms with Crippen LogP contribution in [0.5, 0.6) is 5.75 Å². The molecule has 0 bridgehead atoms. The van der Waals surface area contributed by atoms with Crippen molar-refractivity contribution in [3.8, 4) is 5.75 Å². The molecule has 2 aromatic rings. The number of nitrogens with two attached hydrogens (primary N) is 1. The summed E-state index contributed by atoms with van der Waals surface area (Å²) in [5.41, 5.74) is 6.48. The molecule has 0 atom stereocenters. The van der Waals surface area contributed by atoms with Gasteiger partial charge in [0, 0.05) is 25.0 Å². The maximum absolute atomic E-state index is 12.5. The summed E-state index contributed by atoms with van der Waals surface area (Å²) >= 11 is 0. The van der Waals surface area contributed by atoms with Crippen LogP contribution in [0.4, 0.5) is 5.82 Å². The number of esters is 1. The van der Waals surface area contributed by atoms with Gasteiger partial charge in [0.15, 0.2) is 18.1 Å². The summed E-state index contributed by atoms with van der Waals surface area (Å²) in [6.07, 6.45) is 4.62. The van der Waals surface area contributed by atoms with E-state index in [1.807, 2.05) is 24.3 Å². The summed E-state index contributed by atoms with van der Waals surface area (Å²) in [5, 5.41) is 0. The van der Waals surface area contributed by atoms with Gasteiger partial charge in [-0.25, -0.2) is 14.8 Å². The Labute approximate surface area is 150 Å². The van der Waals surface area contributed by atoms with Crippen molar-refractivity contribution in [2.45, 2.75) is 25.4 Å². The zero-order valence-corrected chi connectivity index (χ0v) is 14.4. The lowest BCUT2D eigenvalue weighted by molar-refractivity contribution is -0.135. The van der Waals surface area contributed by atoms with E-state index in [0.717, 1.165) is 24.2 Å². The fourth-order valence-electron chi connectivity index (χ4n) is 2.52. The molecule has 136 valence electrons. The van der Waals surface area contributed by atoms with Gasteiger partial charge in [0.2, 0.25) is 0 Å². The van der Waals surface area contributed by atoms with E-state index in [1.54, 1.807) is 12.0 Å². The summed E-state index contributed by atoms with van der Waals surface area (Å²) in [6.45, 7) is 0.0971. The molecular weight excluding hydrogens is 336 g/mol. The van der Waals surface area contributed by atoms with Crippen LogP contribution in [0.2, 0.25) is 0 Å².